The van der Waals surface area contributed by atoms with E-state index in [-0.39, 0.29) is 43.2 Å². The van der Waals surface area contributed by atoms with Gasteiger partial charge in [-0.3, -0.25) is 4.79 Å². The number of rotatable bonds is 7. The topological polar surface area (TPSA) is 63.6 Å². The lowest BCUT2D eigenvalue weighted by atomic mass is 9.90. The highest BCUT2D eigenvalue weighted by Crippen LogP contribution is 2.20. The summed E-state index contributed by atoms with van der Waals surface area (Å²) >= 11 is 0. The molecule has 0 aromatic rings. The molecule has 0 aromatic carbocycles. The van der Waals surface area contributed by atoms with Gasteiger partial charge in [-0.1, -0.05) is 13.8 Å². The molecule has 0 rings (SSSR count). The second-order valence-corrected chi connectivity index (χ2v) is 4.19. The van der Waals surface area contributed by atoms with E-state index in [1.54, 1.807) is 0 Å². The largest absolute Gasteiger partial charge is 0.465 e. The zero-order chi connectivity index (χ0) is 11.9. The molecule has 0 aliphatic carbocycles. The molecule has 1 unspecified atom stereocenters. The van der Waals surface area contributed by atoms with Crippen LogP contribution < -0.4 is 0 Å². The summed E-state index contributed by atoms with van der Waals surface area (Å²) in [7, 11) is 0. The van der Waals surface area contributed by atoms with Crippen molar-refractivity contribution >= 4 is 11.8 Å². The van der Waals surface area contributed by atoms with Crippen LogP contribution in [-0.4, -0.2) is 30.1 Å². The van der Waals surface area contributed by atoms with Gasteiger partial charge < -0.3 is 14.6 Å². The van der Waals surface area contributed by atoms with Crippen molar-refractivity contribution in [2.45, 2.75) is 40.0 Å². The number of carbonyl (C=O) groups is 2. The van der Waals surface area contributed by atoms with Gasteiger partial charge in [-0.25, -0.2) is 0 Å². The Hall–Kier alpha value is -0.900. The number of carbonyl (C=O) groups excluding carboxylic acids is 2. The lowest BCUT2D eigenvalue weighted by Crippen LogP contribution is -2.28. The minimum absolute atomic E-state index is 0.0104. The number of aliphatic hydroxyl groups is 1. The predicted molar refractivity (Wildman–Crippen MR) is 56.4 cm³/mol. The molecule has 0 aliphatic heterocycles. The van der Waals surface area contributed by atoms with E-state index in [0.717, 1.165) is 6.42 Å². The highest BCUT2D eigenvalue weighted by Gasteiger charge is 2.23. The van der Waals surface area contributed by atoms with Crippen LogP contribution in [0.1, 0.15) is 40.0 Å². The molecule has 0 radical (unpaired) electrons. The number of aliphatic hydroxyl groups excluding tert-OH is 1. The monoisotopic (exact) mass is 216 g/mol. The van der Waals surface area contributed by atoms with Crippen LogP contribution >= 0.6 is 0 Å². The van der Waals surface area contributed by atoms with Crippen LogP contribution in [0.25, 0.3) is 0 Å². The third kappa shape index (κ3) is 6.23. The molecular formula is C11H20O4. The van der Waals surface area contributed by atoms with E-state index in [9.17, 15) is 9.59 Å². The Balaban J connectivity index is 3.84. The number of Topliss-reactive ketones (excluding diaryl/α,β-unsaturated/α-hetero) is 1. The summed E-state index contributed by atoms with van der Waals surface area (Å²) in [6.45, 7) is 5.42. The van der Waals surface area contributed by atoms with Crippen LogP contribution in [0.15, 0.2) is 0 Å². The zero-order valence-electron chi connectivity index (χ0n) is 9.71. The smallest absolute Gasteiger partial charge is 0.306 e. The van der Waals surface area contributed by atoms with Gasteiger partial charge in [0.05, 0.1) is 19.6 Å². The Kier molecular flexibility index (Phi) is 6.17. The van der Waals surface area contributed by atoms with Crippen LogP contribution in [-0.2, 0) is 14.3 Å². The minimum Gasteiger partial charge on any atom is -0.465 e. The van der Waals surface area contributed by atoms with Crippen molar-refractivity contribution in [3.05, 3.63) is 0 Å². The second-order valence-electron chi connectivity index (χ2n) is 4.19. The van der Waals surface area contributed by atoms with Crippen LogP contribution in [0.4, 0.5) is 0 Å². The zero-order valence-corrected chi connectivity index (χ0v) is 9.71. The standard InChI is InChI=1S/C11H20O4/c1-4-11(3,7-12)8-15-10(14)6-5-9(2)13/h12H,4-8H2,1-3H3. The van der Waals surface area contributed by atoms with E-state index in [1.165, 1.54) is 6.92 Å². The molecule has 0 aliphatic rings. The Morgan fingerprint density at radius 1 is 1.33 bits per heavy atom. The summed E-state index contributed by atoms with van der Waals surface area (Å²) in [5, 5.41) is 9.07. The van der Waals surface area contributed by atoms with Gasteiger partial charge in [0.15, 0.2) is 0 Å². The molecule has 1 atom stereocenters. The third-order valence-electron chi connectivity index (χ3n) is 2.50. The number of hydrogen-bond acceptors (Lipinski definition) is 4. The second kappa shape index (κ2) is 6.56. The van der Waals surface area contributed by atoms with Crippen LogP contribution in [0, 0.1) is 5.41 Å². The van der Waals surface area contributed by atoms with Gasteiger partial charge in [0, 0.05) is 11.8 Å². The van der Waals surface area contributed by atoms with Crippen molar-refractivity contribution in [3.8, 4) is 0 Å². The van der Waals surface area contributed by atoms with E-state index < -0.39 is 0 Å². The Morgan fingerprint density at radius 3 is 2.33 bits per heavy atom. The Morgan fingerprint density at radius 2 is 1.93 bits per heavy atom. The van der Waals surface area contributed by atoms with E-state index in [2.05, 4.69) is 0 Å². The van der Waals surface area contributed by atoms with E-state index >= 15 is 0 Å². The maximum atomic E-state index is 11.2. The molecular weight excluding hydrogens is 196 g/mol. The van der Waals surface area contributed by atoms with Gasteiger partial charge >= 0.3 is 5.97 Å². The van der Waals surface area contributed by atoms with Crippen LogP contribution in [0.2, 0.25) is 0 Å². The molecule has 1 N–H and O–H groups in total. The number of esters is 1. The first kappa shape index (κ1) is 14.1. The summed E-state index contributed by atoms with van der Waals surface area (Å²) in [5.74, 6) is -0.398. The quantitative estimate of drug-likeness (QED) is 0.652. The first-order valence-corrected chi connectivity index (χ1v) is 5.19. The maximum absolute atomic E-state index is 11.2. The van der Waals surface area contributed by atoms with Gasteiger partial charge in [0.1, 0.15) is 5.78 Å². The molecule has 15 heavy (non-hydrogen) atoms. The average molecular weight is 216 g/mol. The molecule has 0 bridgehead atoms. The Labute approximate surface area is 90.6 Å². The molecule has 0 saturated heterocycles. The van der Waals surface area contributed by atoms with Gasteiger partial charge in [-0.2, -0.15) is 0 Å². The SMILES string of the molecule is CCC(C)(CO)COC(=O)CCC(C)=O. The average Bonchev–Trinajstić information content (AvgIpc) is 2.23. The van der Waals surface area contributed by atoms with Crippen molar-refractivity contribution in [1.82, 2.24) is 0 Å². The third-order valence-corrected chi connectivity index (χ3v) is 2.50. The van der Waals surface area contributed by atoms with Crippen molar-refractivity contribution in [1.29, 1.82) is 0 Å². The van der Waals surface area contributed by atoms with Gasteiger partial charge in [-0.15, -0.1) is 0 Å². The maximum Gasteiger partial charge on any atom is 0.306 e. The summed E-state index contributed by atoms with van der Waals surface area (Å²) < 4.78 is 4.99. The van der Waals surface area contributed by atoms with E-state index in [0.29, 0.717) is 0 Å². The lowest BCUT2D eigenvalue weighted by Gasteiger charge is -2.24. The van der Waals surface area contributed by atoms with Gasteiger partial charge in [-0.05, 0) is 13.3 Å². The van der Waals surface area contributed by atoms with Crippen molar-refractivity contribution in [2.24, 2.45) is 5.41 Å². The molecule has 0 aromatic heterocycles. The molecule has 4 nitrogen and oxygen atoms in total. The van der Waals surface area contributed by atoms with E-state index in [1.807, 2.05) is 13.8 Å². The first-order valence-electron chi connectivity index (χ1n) is 5.19. The summed E-state index contributed by atoms with van der Waals surface area (Å²) in [6.07, 6.45) is 1.09. The molecule has 0 fully saturated rings. The highest BCUT2D eigenvalue weighted by molar-refractivity contribution is 5.80. The molecule has 0 heterocycles. The van der Waals surface area contributed by atoms with Crippen molar-refractivity contribution in [3.63, 3.8) is 0 Å². The number of ketones is 1. The normalized spacial score (nSPS) is 14.4. The van der Waals surface area contributed by atoms with E-state index in [4.69, 9.17) is 9.84 Å². The molecule has 0 saturated carbocycles. The first-order chi connectivity index (χ1) is 6.93. The number of ether oxygens (including phenoxy) is 1. The van der Waals surface area contributed by atoms with Crippen LogP contribution in [0.5, 0.6) is 0 Å². The summed E-state index contributed by atoms with van der Waals surface area (Å²) in [4.78, 5) is 21.8. The molecule has 0 amide bonds. The highest BCUT2D eigenvalue weighted by atomic mass is 16.5. The van der Waals surface area contributed by atoms with Gasteiger partial charge in [0.25, 0.3) is 0 Å². The van der Waals surface area contributed by atoms with Gasteiger partial charge in [0.2, 0.25) is 0 Å². The Bertz CT molecular complexity index is 219. The summed E-state index contributed by atoms with van der Waals surface area (Å²) in [5.41, 5.74) is -0.369. The lowest BCUT2D eigenvalue weighted by molar-refractivity contribution is -0.148. The number of hydrogen-bond donors (Lipinski definition) is 1. The molecule has 0 spiro atoms. The fraction of sp³-hybridized carbons (Fsp3) is 0.818. The molecule has 88 valence electrons. The van der Waals surface area contributed by atoms with Crippen LogP contribution in [0.3, 0.4) is 0 Å². The molecule has 4 heteroatoms. The predicted octanol–water partition coefficient (Wildman–Crippen LogP) is 1.31. The van der Waals surface area contributed by atoms with Crippen molar-refractivity contribution < 1.29 is 19.4 Å². The fourth-order valence-electron chi connectivity index (χ4n) is 0.864. The minimum atomic E-state index is -0.377. The summed E-state index contributed by atoms with van der Waals surface area (Å²) in [6, 6.07) is 0. The van der Waals surface area contributed by atoms with Crippen molar-refractivity contribution in [2.75, 3.05) is 13.2 Å². The fourth-order valence-corrected chi connectivity index (χ4v) is 0.864.